The van der Waals surface area contributed by atoms with E-state index in [2.05, 4.69) is 29.4 Å². The standard InChI is InChI=1S/C29H33N5O/c1-20(22-10-4-3-5-11-22)32-29(35)24-18-27(33-26-14-7-6-13-25(31)28(24)26)23-12-8-9-21(17-23)19-34(2)16-15-30/h3-12,14,17-18,20H,13,15-16,19,30-31H2,1-2H3,(H,32,35)/t20-/m0/s1. The van der Waals surface area contributed by atoms with E-state index in [-0.39, 0.29) is 11.9 Å². The second-order valence-electron chi connectivity index (χ2n) is 8.97. The molecule has 5 N–H and O–H groups in total. The van der Waals surface area contributed by atoms with Crippen LogP contribution in [0.3, 0.4) is 0 Å². The number of rotatable bonds is 8. The first-order valence-electron chi connectivity index (χ1n) is 12.0. The molecule has 180 valence electrons. The Kier molecular flexibility index (Phi) is 7.75. The largest absolute Gasteiger partial charge is 0.401 e. The number of benzene rings is 2. The number of pyridine rings is 1. The van der Waals surface area contributed by atoms with Gasteiger partial charge in [-0.1, -0.05) is 60.7 Å². The molecule has 2 aromatic carbocycles. The highest BCUT2D eigenvalue weighted by Gasteiger charge is 2.17. The van der Waals surface area contributed by atoms with Crippen molar-refractivity contribution in [2.45, 2.75) is 25.9 Å². The molecule has 0 spiro atoms. The molecule has 1 aliphatic rings. The van der Waals surface area contributed by atoms with Crippen LogP contribution in [0.25, 0.3) is 23.0 Å². The molecule has 1 heterocycles. The van der Waals surface area contributed by atoms with Crippen LogP contribution in [-0.4, -0.2) is 35.9 Å². The highest BCUT2D eigenvalue weighted by atomic mass is 16.1. The van der Waals surface area contributed by atoms with Crippen molar-refractivity contribution in [3.63, 3.8) is 0 Å². The van der Waals surface area contributed by atoms with Gasteiger partial charge in [-0.25, -0.2) is 4.98 Å². The summed E-state index contributed by atoms with van der Waals surface area (Å²) in [5.74, 6) is -0.168. The predicted molar refractivity (Wildman–Crippen MR) is 142 cm³/mol. The van der Waals surface area contributed by atoms with Crippen LogP contribution in [0.2, 0.25) is 0 Å². The fourth-order valence-corrected chi connectivity index (χ4v) is 4.35. The normalized spacial score (nSPS) is 13.7. The lowest BCUT2D eigenvalue weighted by molar-refractivity contribution is 0.0938. The second-order valence-corrected chi connectivity index (χ2v) is 8.97. The van der Waals surface area contributed by atoms with E-state index in [1.165, 1.54) is 0 Å². The summed E-state index contributed by atoms with van der Waals surface area (Å²) >= 11 is 0. The molecule has 0 saturated heterocycles. The Morgan fingerprint density at radius 2 is 1.94 bits per heavy atom. The molecule has 0 unspecified atom stereocenters. The molecule has 1 atom stereocenters. The monoisotopic (exact) mass is 467 g/mol. The van der Waals surface area contributed by atoms with Gasteiger partial charge >= 0.3 is 0 Å². The number of carbonyl (C=O) groups is 1. The van der Waals surface area contributed by atoms with E-state index in [4.69, 9.17) is 16.5 Å². The Bertz CT molecular complexity index is 1350. The van der Waals surface area contributed by atoms with Crippen LogP contribution >= 0.6 is 0 Å². The second kappa shape index (κ2) is 11.1. The Morgan fingerprint density at radius 3 is 2.71 bits per heavy atom. The molecule has 0 fully saturated rings. The molecule has 4 rings (SSSR count). The Hall–Kier alpha value is -3.74. The van der Waals surface area contributed by atoms with E-state index in [9.17, 15) is 4.79 Å². The average Bonchev–Trinajstić information content (AvgIpc) is 3.05. The number of nitrogens with zero attached hydrogens (tertiary/aromatic N) is 2. The number of amides is 1. The number of likely N-dealkylation sites (N-methyl/N-ethyl adjacent to an activating group) is 1. The van der Waals surface area contributed by atoms with Gasteiger partial charge in [-0.15, -0.1) is 0 Å². The highest BCUT2D eigenvalue weighted by Crippen LogP contribution is 2.20. The Labute approximate surface area is 206 Å². The molecule has 1 aliphatic carbocycles. The molecule has 6 heteroatoms. The number of hydrogen-bond acceptors (Lipinski definition) is 5. The number of hydrogen-bond donors (Lipinski definition) is 3. The first-order chi connectivity index (χ1) is 17.0. The highest BCUT2D eigenvalue weighted by molar-refractivity contribution is 5.96. The summed E-state index contributed by atoms with van der Waals surface area (Å²) in [6, 6.07) is 19.9. The van der Waals surface area contributed by atoms with E-state index < -0.39 is 0 Å². The molecule has 6 nitrogen and oxygen atoms in total. The van der Waals surface area contributed by atoms with Crippen molar-refractivity contribution in [2.75, 3.05) is 20.1 Å². The maximum atomic E-state index is 13.6. The van der Waals surface area contributed by atoms with Gasteiger partial charge in [0.05, 0.1) is 22.6 Å². The third-order valence-electron chi connectivity index (χ3n) is 6.17. The number of nitrogens with one attached hydrogen (secondary N) is 1. The quantitative estimate of drug-likeness (QED) is 0.473. The average molecular weight is 468 g/mol. The van der Waals surface area contributed by atoms with Crippen LogP contribution in [0.4, 0.5) is 0 Å². The van der Waals surface area contributed by atoms with Crippen molar-refractivity contribution in [3.8, 4) is 11.3 Å². The number of nitrogens with two attached hydrogens (primary N) is 2. The van der Waals surface area contributed by atoms with E-state index >= 15 is 0 Å². The zero-order valence-electron chi connectivity index (χ0n) is 20.4. The lowest BCUT2D eigenvalue weighted by Crippen LogP contribution is -2.41. The summed E-state index contributed by atoms with van der Waals surface area (Å²) in [6.45, 7) is 4.20. The summed E-state index contributed by atoms with van der Waals surface area (Å²) in [7, 11) is 2.05. The molecule has 35 heavy (non-hydrogen) atoms. The third kappa shape index (κ3) is 5.85. The van der Waals surface area contributed by atoms with Crippen LogP contribution in [0.5, 0.6) is 0 Å². The van der Waals surface area contributed by atoms with Crippen LogP contribution in [0.15, 0.2) is 72.8 Å². The molecular weight excluding hydrogens is 434 g/mol. The number of carbonyl (C=O) groups excluding carboxylic acids is 1. The Morgan fingerprint density at radius 1 is 1.14 bits per heavy atom. The number of aromatic nitrogens is 1. The summed E-state index contributed by atoms with van der Waals surface area (Å²) in [6.07, 6.45) is 6.43. The predicted octanol–water partition coefficient (Wildman–Crippen LogP) is 2.44. The molecule has 3 aromatic rings. The maximum Gasteiger partial charge on any atom is 0.252 e. The van der Waals surface area contributed by atoms with Crippen molar-refractivity contribution in [2.24, 2.45) is 11.5 Å². The van der Waals surface area contributed by atoms with E-state index in [1.807, 2.05) is 73.7 Å². The number of allylic oxidation sites excluding steroid dienone is 1. The lowest BCUT2D eigenvalue weighted by atomic mass is 10.0. The van der Waals surface area contributed by atoms with Crippen LogP contribution in [-0.2, 0) is 6.54 Å². The Balaban J connectivity index is 1.76. The SMILES string of the molecule is C[C@H](NC(=O)c1cc(-c2cccc(CN(C)CCN)c2)nc2c1=C(N)CC=CC=2)c1ccccc1. The van der Waals surface area contributed by atoms with Crippen LogP contribution in [0.1, 0.15) is 40.9 Å². The van der Waals surface area contributed by atoms with Gasteiger partial charge in [-0.05, 0) is 43.3 Å². The topological polar surface area (TPSA) is 97.3 Å². The smallest absolute Gasteiger partial charge is 0.252 e. The molecule has 1 amide bonds. The molecule has 0 radical (unpaired) electrons. The van der Waals surface area contributed by atoms with Crippen molar-refractivity contribution in [3.05, 3.63) is 100 Å². The van der Waals surface area contributed by atoms with E-state index in [0.29, 0.717) is 34.8 Å². The van der Waals surface area contributed by atoms with Crippen molar-refractivity contribution in [1.29, 1.82) is 0 Å². The molecular formula is C29H33N5O. The van der Waals surface area contributed by atoms with Crippen molar-refractivity contribution < 1.29 is 4.79 Å². The van der Waals surface area contributed by atoms with Gasteiger partial charge in [0.2, 0.25) is 0 Å². The molecule has 0 bridgehead atoms. The van der Waals surface area contributed by atoms with Gasteiger partial charge in [0.1, 0.15) is 0 Å². The van der Waals surface area contributed by atoms with Crippen molar-refractivity contribution in [1.82, 2.24) is 15.2 Å². The van der Waals surface area contributed by atoms with E-state index in [1.54, 1.807) is 0 Å². The van der Waals surface area contributed by atoms with Gasteiger partial charge in [-0.3, -0.25) is 4.79 Å². The first kappa shape index (κ1) is 24.4. The van der Waals surface area contributed by atoms with Gasteiger partial charge in [-0.2, -0.15) is 0 Å². The zero-order chi connectivity index (χ0) is 24.8. The first-order valence-corrected chi connectivity index (χ1v) is 12.0. The fraction of sp³-hybridized carbons (Fsp3) is 0.241. The van der Waals surface area contributed by atoms with Gasteiger partial charge in [0.15, 0.2) is 0 Å². The minimum absolute atomic E-state index is 0.147. The van der Waals surface area contributed by atoms with Crippen LogP contribution in [0, 0.1) is 0 Å². The molecule has 0 aliphatic heterocycles. The minimum atomic E-state index is -0.168. The molecule has 1 aromatic heterocycles. The lowest BCUT2D eigenvalue weighted by Gasteiger charge is -2.17. The fourth-order valence-electron chi connectivity index (χ4n) is 4.35. The van der Waals surface area contributed by atoms with Gasteiger partial charge < -0.3 is 21.7 Å². The summed E-state index contributed by atoms with van der Waals surface area (Å²) in [5.41, 5.74) is 17.2. The summed E-state index contributed by atoms with van der Waals surface area (Å²) < 4.78 is 0. The zero-order valence-corrected chi connectivity index (χ0v) is 20.4. The number of fused-ring (bicyclic) bond motifs is 1. The summed E-state index contributed by atoms with van der Waals surface area (Å²) in [5, 5.41) is 4.55. The van der Waals surface area contributed by atoms with Gasteiger partial charge in [0, 0.05) is 42.5 Å². The minimum Gasteiger partial charge on any atom is -0.401 e. The van der Waals surface area contributed by atoms with Crippen molar-refractivity contribution >= 4 is 17.7 Å². The van der Waals surface area contributed by atoms with E-state index in [0.717, 1.165) is 35.5 Å². The third-order valence-corrected chi connectivity index (χ3v) is 6.17. The van der Waals surface area contributed by atoms with Gasteiger partial charge in [0.25, 0.3) is 5.91 Å². The molecule has 0 saturated carbocycles. The summed E-state index contributed by atoms with van der Waals surface area (Å²) in [4.78, 5) is 20.7. The van der Waals surface area contributed by atoms with Crippen LogP contribution < -0.4 is 27.4 Å². The maximum absolute atomic E-state index is 13.6.